The summed E-state index contributed by atoms with van der Waals surface area (Å²) in [6.45, 7) is 6.28. The Bertz CT molecular complexity index is 430. The summed E-state index contributed by atoms with van der Waals surface area (Å²) in [5.74, 6) is 0.0543. The highest BCUT2D eigenvalue weighted by atomic mass is 79.9. The summed E-state index contributed by atoms with van der Waals surface area (Å²) in [5, 5.41) is 6.21. The Morgan fingerprint density at radius 3 is 2.83 bits per heavy atom. The van der Waals surface area contributed by atoms with Gasteiger partial charge in [0, 0.05) is 36.3 Å². The molecule has 1 heterocycles. The first-order valence-electron chi connectivity index (χ1n) is 6.14. The average molecular weight is 312 g/mol. The van der Waals surface area contributed by atoms with E-state index in [9.17, 15) is 4.79 Å². The van der Waals surface area contributed by atoms with E-state index < -0.39 is 0 Å². The first-order valence-corrected chi connectivity index (χ1v) is 6.93. The topological polar surface area (TPSA) is 44.4 Å². The molecule has 4 nitrogen and oxygen atoms in total. The summed E-state index contributed by atoms with van der Waals surface area (Å²) in [7, 11) is 0. The maximum atomic E-state index is 11.9. The molecular formula is C13H18BrN3O. The number of amides is 1. The molecule has 0 radical (unpaired) electrons. The Morgan fingerprint density at radius 2 is 2.17 bits per heavy atom. The lowest BCUT2D eigenvalue weighted by Crippen LogP contribution is -2.46. The molecule has 0 atom stereocenters. The number of carbonyl (C=O) groups excluding carboxylic acids is 1. The number of nitrogens with zero attached hydrogens (tertiary/aromatic N) is 1. The number of hydrogen-bond acceptors (Lipinski definition) is 3. The highest BCUT2D eigenvalue weighted by Crippen LogP contribution is 2.19. The van der Waals surface area contributed by atoms with E-state index in [4.69, 9.17) is 0 Å². The van der Waals surface area contributed by atoms with E-state index in [1.54, 1.807) is 0 Å². The van der Waals surface area contributed by atoms with Crippen molar-refractivity contribution in [3.63, 3.8) is 0 Å². The first-order chi connectivity index (χ1) is 8.65. The minimum absolute atomic E-state index is 0.0543. The van der Waals surface area contributed by atoms with Gasteiger partial charge in [-0.1, -0.05) is 15.9 Å². The van der Waals surface area contributed by atoms with Crippen LogP contribution in [0.25, 0.3) is 0 Å². The molecular weight excluding hydrogens is 294 g/mol. The Hall–Kier alpha value is -0.910. The van der Waals surface area contributed by atoms with Crippen LogP contribution in [-0.2, 0) is 4.79 Å². The van der Waals surface area contributed by atoms with Crippen molar-refractivity contribution in [3.05, 3.63) is 28.2 Å². The van der Waals surface area contributed by atoms with Crippen LogP contribution < -0.4 is 10.6 Å². The van der Waals surface area contributed by atoms with E-state index in [1.807, 2.05) is 25.1 Å². The molecule has 0 aliphatic carbocycles. The molecule has 0 bridgehead atoms. The van der Waals surface area contributed by atoms with E-state index >= 15 is 0 Å². The Morgan fingerprint density at radius 1 is 1.44 bits per heavy atom. The van der Waals surface area contributed by atoms with Crippen molar-refractivity contribution in [2.45, 2.75) is 6.92 Å². The number of carbonyl (C=O) groups is 1. The lowest BCUT2D eigenvalue weighted by atomic mass is 10.2. The van der Waals surface area contributed by atoms with Crippen LogP contribution in [0.5, 0.6) is 0 Å². The third-order valence-corrected chi connectivity index (χ3v) is 3.91. The number of anilines is 1. The van der Waals surface area contributed by atoms with Crippen LogP contribution in [0.4, 0.5) is 5.69 Å². The molecule has 2 rings (SSSR count). The van der Waals surface area contributed by atoms with E-state index in [0.29, 0.717) is 6.54 Å². The van der Waals surface area contributed by atoms with Crippen molar-refractivity contribution >= 4 is 27.5 Å². The fourth-order valence-electron chi connectivity index (χ4n) is 2.00. The molecule has 98 valence electrons. The quantitative estimate of drug-likeness (QED) is 0.891. The van der Waals surface area contributed by atoms with Gasteiger partial charge in [-0.05, 0) is 30.7 Å². The lowest BCUT2D eigenvalue weighted by molar-refractivity contribution is -0.117. The molecule has 1 aromatic carbocycles. The second-order valence-corrected chi connectivity index (χ2v) is 5.39. The largest absolute Gasteiger partial charge is 0.325 e. The van der Waals surface area contributed by atoms with Crippen LogP contribution in [0.1, 0.15) is 5.56 Å². The third kappa shape index (κ3) is 3.80. The average Bonchev–Trinajstić information content (AvgIpc) is 2.35. The van der Waals surface area contributed by atoms with Gasteiger partial charge in [0.15, 0.2) is 0 Å². The minimum atomic E-state index is 0.0543. The van der Waals surface area contributed by atoms with Crippen LogP contribution in [0.15, 0.2) is 22.7 Å². The van der Waals surface area contributed by atoms with Crippen molar-refractivity contribution in [1.82, 2.24) is 10.2 Å². The first kappa shape index (κ1) is 13.5. The molecule has 1 aliphatic heterocycles. The summed E-state index contributed by atoms with van der Waals surface area (Å²) in [6.07, 6.45) is 0. The minimum Gasteiger partial charge on any atom is -0.325 e. The number of benzene rings is 1. The highest BCUT2D eigenvalue weighted by molar-refractivity contribution is 9.10. The summed E-state index contributed by atoms with van der Waals surface area (Å²) in [5.41, 5.74) is 1.98. The Labute approximate surface area is 116 Å². The van der Waals surface area contributed by atoms with Crippen LogP contribution in [-0.4, -0.2) is 43.5 Å². The molecule has 2 N–H and O–H groups in total. The van der Waals surface area contributed by atoms with Gasteiger partial charge < -0.3 is 10.6 Å². The monoisotopic (exact) mass is 311 g/mol. The van der Waals surface area contributed by atoms with Crippen molar-refractivity contribution < 1.29 is 4.79 Å². The van der Waals surface area contributed by atoms with Gasteiger partial charge in [0.2, 0.25) is 5.91 Å². The van der Waals surface area contributed by atoms with Crippen molar-refractivity contribution in [1.29, 1.82) is 0 Å². The van der Waals surface area contributed by atoms with Gasteiger partial charge in [-0.3, -0.25) is 9.69 Å². The molecule has 1 aliphatic rings. The van der Waals surface area contributed by atoms with Crippen molar-refractivity contribution in [3.8, 4) is 0 Å². The molecule has 0 unspecified atom stereocenters. The molecule has 1 fully saturated rings. The molecule has 0 aromatic heterocycles. The van der Waals surface area contributed by atoms with E-state index in [2.05, 4.69) is 31.5 Å². The SMILES string of the molecule is Cc1cc(NC(=O)CN2CCNCC2)ccc1Br. The summed E-state index contributed by atoms with van der Waals surface area (Å²) in [4.78, 5) is 14.1. The van der Waals surface area contributed by atoms with Crippen LogP contribution in [0.3, 0.4) is 0 Å². The van der Waals surface area contributed by atoms with E-state index in [1.165, 1.54) is 0 Å². The van der Waals surface area contributed by atoms with Crippen molar-refractivity contribution in [2.75, 3.05) is 38.0 Å². The summed E-state index contributed by atoms with van der Waals surface area (Å²) >= 11 is 3.45. The van der Waals surface area contributed by atoms with Gasteiger partial charge in [0.1, 0.15) is 0 Å². The number of hydrogen-bond donors (Lipinski definition) is 2. The predicted octanol–water partition coefficient (Wildman–Crippen LogP) is 1.60. The second-order valence-electron chi connectivity index (χ2n) is 4.54. The molecule has 1 saturated heterocycles. The smallest absolute Gasteiger partial charge is 0.238 e. The summed E-state index contributed by atoms with van der Waals surface area (Å²) in [6, 6.07) is 5.84. The van der Waals surface area contributed by atoms with E-state index in [0.717, 1.165) is 41.9 Å². The molecule has 0 spiro atoms. The maximum Gasteiger partial charge on any atom is 0.238 e. The number of piperazine rings is 1. The molecule has 18 heavy (non-hydrogen) atoms. The van der Waals surface area contributed by atoms with Crippen LogP contribution in [0, 0.1) is 6.92 Å². The Kier molecular flexibility index (Phi) is 4.74. The number of nitrogens with one attached hydrogen (secondary N) is 2. The highest BCUT2D eigenvalue weighted by Gasteiger charge is 2.13. The zero-order chi connectivity index (χ0) is 13.0. The molecule has 1 amide bonds. The summed E-state index contributed by atoms with van der Waals surface area (Å²) < 4.78 is 1.06. The van der Waals surface area contributed by atoms with Gasteiger partial charge >= 0.3 is 0 Å². The van der Waals surface area contributed by atoms with Crippen molar-refractivity contribution in [2.24, 2.45) is 0 Å². The Balaban J connectivity index is 1.88. The third-order valence-electron chi connectivity index (χ3n) is 3.02. The zero-order valence-corrected chi connectivity index (χ0v) is 12.1. The fourth-order valence-corrected chi connectivity index (χ4v) is 2.24. The van der Waals surface area contributed by atoms with Gasteiger partial charge in [-0.25, -0.2) is 0 Å². The molecule has 5 heteroatoms. The van der Waals surface area contributed by atoms with Gasteiger partial charge in [0.25, 0.3) is 0 Å². The number of halogens is 1. The van der Waals surface area contributed by atoms with Crippen LogP contribution >= 0.6 is 15.9 Å². The second kappa shape index (κ2) is 6.31. The standard InChI is InChI=1S/C13H18BrN3O/c1-10-8-11(2-3-12(10)14)16-13(18)9-17-6-4-15-5-7-17/h2-3,8,15H,4-7,9H2,1H3,(H,16,18). The van der Waals surface area contributed by atoms with Gasteiger partial charge in [-0.2, -0.15) is 0 Å². The number of rotatable bonds is 3. The maximum absolute atomic E-state index is 11.9. The van der Waals surface area contributed by atoms with Crippen LogP contribution in [0.2, 0.25) is 0 Å². The number of aryl methyl sites for hydroxylation is 1. The lowest BCUT2D eigenvalue weighted by Gasteiger charge is -2.26. The van der Waals surface area contributed by atoms with E-state index in [-0.39, 0.29) is 5.91 Å². The van der Waals surface area contributed by atoms with Gasteiger partial charge in [0.05, 0.1) is 6.54 Å². The normalized spacial score (nSPS) is 16.6. The molecule has 0 saturated carbocycles. The predicted molar refractivity (Wildman–Crippen MR) is 76.8 cm³/mol. The van der Waals surface area contributed by atoms with Gasteiger partial charge in [-0.15, -0.1) is 0 Å². The zero-order valence-electron chi connectivity index (χ0n) is 10.5. The molecule has 1 aromatic rings. The fraction of sp³-hybridized carbons (Fsp3) is 0.462.